The van der Waals surface area contributed by atoms with Crippen LogP contribution in [0.2, 0.25) is 0 Å². The van der Waals surface area contributed by atoms with Crippen LogP contribution in [0.3, 0.4) is 0 Å². The molecule has 1 aliphatic rings. The molecule has 0 spiro atoms. The minimum Gasteiger partial charge on any atom is -0.298 e. The van der Waals surface area contributed by atoms with E-state index in [1.807, 2.05) is 0 Å². The third kappa shape index (κ3) is 4.23. The van der Waals surface area contributed by atoms with Crippen molar-refractivity contribution in [1.29, 1.82) is 0 Å². The Labute approximate surface area is 87.7 Å². The summed E-state index contributed by atoms with van der Waals surface area (Å²) in [6.07, 6.45) is 5.60. The van der Waals surface area contributed by atoms with Crippen molar-refractivity contribution in [3.8, 4) is 0 Å². The highest BCUT2D eigenvalue weighted by atomic mass is 16.1. The molecule has 1 rings (SSSR count). The number of rotatable bonds is 4. The average molecular weight is 197 g/mol. The van der Waals surface area contributed by atoms with E-state index in [2.05, 4.69) is 18.7 Å². The van der Waals surface area contributed by atoms with Crippen LogP contribution >= 0.6 is 0 Å². The van der Waals surface area contributed by atoms with Gasteiger partial charge >= 0.3 is 0 Å². The van der Waals surface area contributed by atoms with Crippen molar-refractivity contribution >= 4 is 5.78 Å². The second-order valence-electron chi connectivity index (χ2n) is 4.60. The molecule has 1 unspecified atom stereocenters. The Morgan fingerprint density at radius 1 is 1.36 bits per heavy atom. The largest absolute Gasteiger partial charge is 0.298 e. The second kappa shape index (κ2) is 6.18. The molecule has 82 valence electrons. The minimum atomic E-state index is 0.419. The Bertz CT molecular complexity index is 179. The van der Waals surface area contributed by atoms with E-state index in [1.165, 1.54) is 19.3 Å². The summed E-state index contributed by atoms with van der Waals surface area (Å²) in [5.74, 6) is 1.27. The average Bonchev–Trinajstić information content (AvgIpc) is 2.32. The van der Waals surface area contributed by atoms with Gasteiger partial charge in [0.15, 0.2) is 0 Å². The van der Waals surface area contributed by atoms with Crippen molar-refractivity contribution in [3.05, 3.63) is 0 Å². The number of hydrogen-bond acceptors (Lipinski definition) is 2. The molecule has 1 heterocycles. The monoisotopic (exact) mass is 197 g/mol. The highest BCUT2D eigenvalue weighted by Gasteiger charge is 2.15. The van der Waals surface area contributed by atoms with Crippen LogP contribution in [0.15, 0.2) is 0 Å². The van der Waals surface area contributed by atoms with Gasteiger partial charge in [0.2, 0.25) is 0 Å². The lowest BCUT2D eigenvalue weighted by atomic mass is 10.0. The van der Waals surface area contributed by atoms with Gasteiger partial charge in [-0.25, -0.2) is 0 Å². The third-order valence-electron chi connectivity index (χ3n) is 3.04. The highest BCUT2D eigenvalue weighted by Crippen LogP contribution is 2.16. The maximum atomic E-state index is 11.5. The predicted octanol–water partition coefficient (Wildman–Crippen LogP) is 2.48. The number of likely N-dealkylation sites (tertiary alicyclic amines) is 1. The van der Waals surface area contributed by atoms with Crippen LogP contribution in [0, 0.1) is 5.92 Å². The van der Waals surface area contributed by atoms with Crippen molar-refractivity contribution < 1.29 is 4.79 Å². The molecule has 0 amide bonds. The van der Waals surface area contributed by atoms with E-state index >= 15 is 0 Å². The van der Waals surface area contributed by atoms with E-state index < -0.39 is 0 Å². The fourth-order valence-corrected chi connectivity index (χ4v) is 2.09. The minimum absolute atomic E-state index is 0.419. The molecular weight excluding hydrogens is 174 g/mol. The zero-order valence-corrected chi connectivity index (χ0v) is 9.59. The standard InChI is InChI=1S/C12H23NO/c1-3-5-12(14)10-13-8-4-6-11(2)7-9-13/h11H,3-10H2,1-2H3. The first-order valence-corrected chi connectivity index (χ1v) is 5.96. The summed E-state index contributed by atoms with van der Waals surface area (Å²) >= 11 is 0. The van der Waals surface area contributed by atoms with Crippen molar-refractivity contribution in [1.82, 2.24) is 4.90 Å². The summed E-state index contributed by atoms with van der Waals surface area (Å²) < 4.78 is 0. The molecule has 2 nitrogen and oxygen atoms in total. The molecule has 1 aliphatic heterocycles. The van der Waals surface area contributed by atoms with Crippen LogP contribution in [0.25, 0.3) is 0 Å². The van der Waals surface area contributed by atoms with Gasteiger partial charge in [-0.05, 0) is 44.7 Å². The van der Waals surface area contributed by atoms with Gasteiger partial charge in [-0.15, -0.1) is 0 Å². The third-order valence-corrected chi connectivity index (χ3v) is 3.04. The predicted molar refractivity (Wildman–Crippen MR) is 59.4 cm³/mol. The van der Waals surface area contributed by atoms with Gasteiger partial charge in [-0.1, -0.05) is 13.8 Å². The van der Waals surface area contributed by atoms with E-state index in [0.717, 1.165) is 31.8 Å². The van der Waals surface area contributed by atoms with E-state index in [0.29, 0.717) is 12.3 Å². The van der Waals surface area contributed by atoms with Crippen LogP contribution < -0.4 is 0 Å². The lowest BCUT2D eigenvalue weighted by Gasteiger charge is -2.18. The van der Waals surface area contributed by atoms with Crippen molar-refractivity contribution in [3.63, 3.8) is 0 Å². The summed E-state index contributed by atoms with van der Waals surface area (Å²) in [7, 11) is 0. The van der Waals surface area contributed by atoms with E-state index in [-0.39, 0.29) is 0 Å². The van der Waals surface area contributed by atoms with Crippen LogP contribution in [0.1, 0.15) is 46.0 Å². The van der Waals surface area contributed by atoms with E-state index in [9.17, 15) is 4.79 Å². The smallest absolute Gasteiger partial charge is 0.146 e. The Hall–Kier alpha value is -0.370. The molecule has 0 aliphatic carbocycles. The molecule has 0 radical (unpaired) electrons. The highest BCUT2D eigenvalue weighted by molar-refractivity contribution is 5.80. The number of hydrogen-bond donors (Lipinski definition) is 0. The van der Waals surface area contributed by atoms with E-state index in [4.69, 9.17) is 0 Å². The van der Waals surface area contributed by atoms with Gasteiger partial charge in [0.25, 0.3) is 0 Å². The second-order valence-corrected chi connectivity index (χ2v) is 4.60. The number of nitrogens with zero attached hydrogens (tertiary/aromatic N) is 1. The Balaban J connectivity index is 2.26. The summed E-state index contributed by atoms with van der Waals surface area (Å²) in [5.41, 5.74) is 0. The number of Topliss-reactive ketones (excluding diaryl/α,β-unsaturated/α-hetero) is 1. The van der Waals surface area contributed by atoms with Gasteiger partial charge in [0, 0.05) is 6.42 Å². The topological polar surface area (TPSA) is 20.3 Å². The van der Waals surface area contributed by atoms with Gasteiger partial charge in [-0.2, -0.15) is 0 Å². The molecule has 14 heavy (non-hydrogen) atoms. The van der Waals surface area contributed by atoms with Gasteiger partial charge in [0.1, 0.15) is 5.78 Å². The Kier molecular flexibility index (Phi) is 5.16. The van der Waals surface area contributed by atoms with Crippen LogP contribution in [-0.2, 0) is 4.79 Å². The first kappa shape index (κ1) is 11.7. The molecule has 0 saturated carbocycles. The lowest BCUT2D eigenvalue weighted by Crippen LogP contribution is -2.30. The molecule has 0 aromatic carbocycles. The van der Waals surface area contributed by atoms with Gasteiger partial charge in [-0.3, -0.25) is 9.69 Å². The molecule has 0 aromatic rings. The summed E-state index contributed by atoms with van der Waals surface area (Å²) in [4.78, 5) is 13.8. The maximum absolute atomic E-state index is 11.5. The number of carbonyl (C=O) groups is 1. The zero-order valence-electron chi connectivity index (χ0n) is 9.59. The van der Waals surface area contributed by atoms with Gasteiger partial charge in [0.05, 0.1) is 6.54 Å². The van der Waals surface area contributed by atoms with Crippen molar-refractivity contribution in [2.75, 3.05) is 19.6 Å². The molecular formula is C12H23NO. The first-order chi connectivity index (χ1) is 6.72. The Morgan fingerprint density at radius 3 is 2.86 bits per heavy atom. The molecule has 0 N–H and O–H groups in total. The van der Waals surface area contributed by atoms with Crippen LogP contribution in [0.5, 0.6) is 0 Å². The molecule has 1 saturated heterocycles. The molecule has 2 heteroatoms. The summed E-state index contributed by atoms with van der Waals surface area (Å²) in [6, 6.07) is 0. The first-order valence-electron chi connectivity index (χ1n) is 5.96. The van der Waals surface area contributed by atoms with Crippen LogP contribution in [0.4, 0.5) is 0 Å². The number of carbonyl (C=O) groups excluding carboxylic acids is 1. The van der Waals surface area contributed by atoms with E-state index in [1.54, 1.807) is 0 Å². The zero-order chi connectivity index (χ0) is 10.4. The molecule has 1 fully saturated rings. The van der Waals surface area contributed by atoms with Crippen molar-refractivity contribution in [2.45, 2.75) is 46.0 Å². The molecule has 0 aromatic heterocycles. The maximum Gasteiger partial charge on any atom is 0.146 e. The normalized spacial score (nSPS) is 24.6. The SMILES string of the molecule is CCCC(=O)CN1CCCC(C)CC1. The van der Waals surface area contributed by atoms with Gasteiger partial charge < -0.3 is 0 Å². The fraction of sp³-hybridized carbons (Fsp3) is 0.917. The van der Waals surface area contributed by atoms with Crippen molar-refractivity contribution in [2.24, 2.45) is 5.92 Å². The summed E-state index contributed by atoms with van der Waals surface area (Å²) in [6.45, 7) is 7.33. The molecule has 0 bridgehead atoms. The Morgan fingerprint density at radius 2 is 2.14 bits per heavy atom. The summed E-state index contributed by atoms with van der Waals surface area (Å²) in [5, 5.41) is 0. The lowest BCUT2D eigenvalue weighted by molar-refractivity contribution is -0.120. The molecule has 1 atom stereocenters. The quantitative estimate of drug-likeness (QED) is 0.690. The number of ketones is 1. The fourth-order valence-electron chi connectivity index (χ4n) is 2.09. The van der Waals surface area contributed by atoms with Crippen LogP contribution in [-0.4, -0.2) is 30.3 Å².